The molecule has 2 aromatic carbocycles. The molecular weight excluding hydrogens is 470 g/mol. The van der Waals surface area contributed by atoms with E-state index < -0.39 is 0 Å². The number of halogens is 1. The van der Waals surface area contributed by atoms with E-state index in [2.05, 4.69) is 41.5 Å². The fraction of sp³-hybridized carbons (Fsp3) is 0.0833. The van der Waals surface area contributed by atoms with Crippen LogP contribution >= 0.6 is 15.9 Å². The van der Waals surface area contributed by atoms with Gasteiger partial charge in [-0.25, -0.2) is 9.97 Å². The average Bonchev–Trinajstić information content (AvgIpc) is 2.81. The molecule has 0 saturated heterocycles. The second kappa shape index (κ2) is 10.0. The van der Waals surface area contributed by atoms with Gasteiger partial charge < -0.3 is 15.4 Å². The van der Waals surface area contributed by atoms with Gasteiger partial charge in [0.05, 0.1) is 17.1 Å². The third-order valence-electron chi connectivity index (χ3n) is 4.49. The van der Waals surface area contributed by atoms with Crippen LogP contribution in [0.3, 0.4) is 0 Å². The lowest BCUT2D eigenvalue weighted by Gasteiger charge is -2.14. The summed E-state index contributed by atoms with van der Waals surface area (Å²) in [5.74, 6) is 0.759. The van der Waals surface area contributed by atoms with Crippen molar-refractivity contribution in [3.63, 3.8) is 0 Å². The number of anilines is 3. The van der Waals surface area contributed by atoms with Crippen molar-refractivity contribution in [2.45, 2.75) is 6.92 Å². The topological polar surface area (TPSA) is 89.0 Å². The van der Waals surface area contributed by atoms with Crippen molar-refractivity contribution in [1.82, 2.24) is 15.0 Å². The van der Waals surface area contributed by atoms with E-state index in [0.29, 0.717) is 23.1 Å². The van der Waals surface area contributed by atoms with Crippen molar-refractivity contribution >= 4 is 39.2 Å². The highest BCUT2D eigenvalue weighted by Crippen LogP contribution is 2.26. The Bertz CT molecular complexity index is 1220. The van der Waals surface area contributed by atoms with Crippen LogP contribution in [0, 0.1) is 6.92 Å². The van der Waals surface area contributed by atoms with E-state index in [1.807, 2.05) is 55.5 Å². The lowest BCUT2D eigenvalue weighted by atomic mass is 10.2. The van der Waals surface area contributed by atoms with E-state index in [0.717, 1.165) is 21.3 Å². The summed E-state index contributed by atoms with van der Waals surface area (Å²) in [4.78, 5) is 25.5. The standard InChI is InChI=1S/C24H20BrN5O2/c1-16-4-9-21(28-23(31)15-32-19-7-5-18(25)6-8-19)22(13-16)30-24-27-12-10-20(29-24)17-3-2-11-26-14-17/h2-14H,15H2,1H3,(H,28,31)(H,27,29,30). The predicted molar refractivity (Wildman–Crippen MR) is 128 cm³/mol. The van der Waals surface area contributed by atoms with Crippen molar-refractivity contribution in [3.05, 3.63) is 89.3 Å². The predicted octanol–water partition coefficient (Wildman–Crippen LogP) is 5.37. The third-order valence-corrected chi connectivity index (χ3v) is 5.02. The molecule has 4 aromatic rings. The Labute approximate surface area is 194 Å². The largest absolute Gasteiger partial charge is 0.484 e. The van der Waals surface area contributed by atoms with E-state index in [1.165, 1.54) is 0 Å². The molecule has 1 amide bonds. The van der Waals surface area contributed by atoms with E-state index in [1.54, 1.807) is 30.7 Å². The molecule has 2 N–H and O–H groups in total. The number of rotatable bonds is 7. The van der Waals surface area contributed by atoms with Gasteiger partial charge in [0.1, 0.15) is 5.75 Å². The number of aromatic nitrogens is 3. The zero-order valence-electron chi connectivity index (χ0n) is 17.2. The molecule has 32 heavy (non-hydrogen) atoms. The molecule has 7 nitrogen and oxygen atoms in total. The highest BCUT2D eigenvalue weighted by Gasteiger charge is 2.11. The first-order valence-electron chi connectivity index (χ1n) is 9.86. The minimum atomic E-state index is -0.273. The highest BCUT2D eigenvalue weighted by molar-refractivity contribution is 9.10. The van der Waals surface area contributed by atoms with Gasteiger partial charge in [0, 0.05) is 28.6 Å². The number of nitrogens with zero attached hydrogens (tertiary/aromatic N) is 3. The van der Waals surface area contributed by atoms with E-state index in [9.17, 15) is 4.79 Å². The number of amides is 1. The summed E-state index contributed by atoms with van der Waals surface area (Å²) in [6.07, 6.45) is 5.14. The Hall–Kier alpha value is -3.78. The van der Waals surface area contributed by atoms with Crippen molar-refractivity contribution < 1.29 is 9.53 Å². The lowest BCUT2D eigenvalue weighted by Crippen LogP contribution is -2.20. The molecule has 0 spiro atoms. The average molecular weight is 490 g/mol. The van der Waals surface area contributed by atoms with Crippen LogP contribution in [0.5, 0.6) is 5.75 Å². The molecule has 4 rings (SSSR count). The zero-order chi connectivity index (χ0) is 22.3. The minimum Gasteiger partial charge on any atom is -0.484 e. The van der Waals surface area contributed by atoms with E-state index >= 15 is 0 Å². The van der Waals surface area contributed by atoms with Crippen LogP contribution in [0.4, 0.5) is 17.3 Å². The van der Waals surface area contributed by atoms with E-state index in [4.69, 9.17) is 4.74 Å². The number of carbonyl (C=O) groups excluding carboxylic acids is 1. The number of ether oxygens (including phenoxy) is 1. The Morgan fingerprint density at radius 3 is 2.66 bits per heavy atom. The maximum Gasteiger partial charge on any atom is 0.262 e. The van der Waals surface area contributed by atoms with E-state index in [-0.39, 0.29) is 12.5 Å². The molecule has 160 valence electrons. The molecule has 2 aromatic heterocycles. The summed E-state index contributed by atoms with van der Waals surface area (Å²) < 4.78 is 6.50. The van der Waals surface area contributed by atoms with Crippen LogP contribution in [0.1, 0.15) is 5.56 Å². The van der Waals surface area contributed by atoms with Gasteiger partial charge in [-0.15, -0.1) is 0 Å². The summed E-state index contributed by atoms with van der Waals surface area (Å²) in [5.41, 5.74) is 3.96. The lowest BCUT2D eigenvalue weighted by molar-refractivity contribution is -0.118. The van der Waals surface area contributed by atoms with Crippen molar-refractivity contribution in [3.8, 4) is 17.0 Å². The fourth-order valence-electron chi connectivity index (χ4n) is 2.95. The molecule has 0 saturated carbocycles. The quantitative estimate of drug-likeness (QED) is 0.362. The summed E-state index contributed by atoms with van der Waals surface area (Å²) >= 11 is 3.37. The smallest absolute Gasteiger partial charge is 0.262 e. The Morgan fingerprint density at radius 1 is 1.03 bits per heavy atom. The van der Waals surface area contributed by atoms with Crippen molar-refractivity contribution in [1.29, 1.82) is 0 Å². The maximum absolute atomic E-state index is 12.5. The summed E-state index contributed by atoms with van der Waals surface area (Å²) in [5, 5.41) is 6.09. The number of hydrogen-bond donors (Lipinski definition) is 2. The first-order chi connectivity index (χ1) is 15.6. The zero-order valence-corrected chi connectivity index (χ0v) is 18.8. The molecule has 0 fully saturated rings. The van der Waals surface area contributed by atoms with Crippen LogP contribution in [0.2, 0.25) is 0 Å². The number of aryl methyl sites for hydroxylation is 1. The van der Waals surface area contributed by atoms with Gasteiger partial charge in [-0.3, -0.25) is 9.78 Å². The van der Waals surface area contributed by atoms with Gasteiger partial charge in [-0.2, -0.15) is 0 Å². The first kappa shape index (κ1) is 21.5. The SMILES string of the molecule is Cc1ccc(NC(=O)COc2ccc(Br)cc2)c(Nc2nccc(-c3cccnc3)n2)c1. The Morgan fingerprint density at radius 2 is 1.88 bits per heavy atom. The third kappa shape index (κ3) is 5.67. The van der Waals surface area contributed by atoms with Gasteiger partial charge in [0.25, 0.3) is 5.91 Å². The number of benzene rings is 2. The molecule has 0 aliphatic heterocycles. The second-order valence-electron chi connectivity index (χ2n) is 6.97. The van der Waals surface area contributed by atoms with Crippen LogP contribution in [-0.4, -0.2) is 27.5 Å². The number of pyridine rings is 1. The van der Waals surface area contributed by atoms with Gasteiger partial charge in [0.15, 0.2) is 6.61 Å². The first-order valence-corrected chi connectivity index (χ1v) is 10.7. The van der Waals surface area contributed by atoms with Crippen LogP contribution < -0.4 is 15.4 Å². The van der Waals surface area contributed by atoms with Crippen LogP contribution in [0.25, 0.3) is 11.3 Å². The van der Waals surface area contributed by atoms with Gasteiger partial charge in [-0.1, -0.05) is 22.0 Å². The number of hydrogen-bond acceptors (Lipinski definition) is 6. The minimum absolute atomic E-state index is 0.109. The van der Waals surface area contributed by atoms with Crippen LogP contribution in [-0.2, 0) is 4.79 Å². The molecule has 2 heterocycles. The monoisotopic (exact) mass is 489 g/mol. The normalized spacial score (nSPS) is 10.4. The molecule has 0 aliphatic carbocycles. The van der Waals surface area contributed by atoms with Gasteiger partial charge in [0.2, 0.25) is 5.95 Å². The van der Waals surface area contributed by atoms with Crippen molar-refractivity contribution in [2.24, 2.45) is 0 Å². The molecule has 0 unspecified atom stereocenters. The molecule has 0 atom stereocenters. The van der Waals surface area contributed by atoms with Crippen molar-refractivity contribution in [2.75, 3.05) is 17.2 Å². The summed E-state index contributed by atoms with van der Waals surface area (Å²) in [6.45, 7) is 1.86. The molecular formula is C24H20BrN5O2. The summed E-state index contributed by atoms with van der Waals surface area (Å²) in [6, 6.07) is 18.6. The van der Waals surface area contributed by atoms with Gasteiger partial charge >= 0.3 is 0 Å². The Balaban J connectivity index is 1.47. The molecule has 8 heteroatoms. The maximum atomic E-state index is 12.5. The summed E-state index contributed by atoms with van der Waals surface area (Å²) in [7, 11) is 0. The second-order valence-corrected chi connectivity index (χ2v) is 7.89. The molecule has 0 radical (unpaired) electrons. The fourth-order valence-corrected chi connectivity index (χ4v) is 3.22. The van der Waals surface area contributed by atoms with Crippen LogP contribution in [0.15, 0.2) is 83.7 Å². The Kier molecular flexibility index (Phi) is 6.72. The molecule has 0 bridgehead atoms. The van der Waals surface area contributed by atoms with Gasteiger partial charge in [-0.05, 0) is 67.1 Å². The number of nitrogens with one attached hydrogen (secondary N) is 2. The number of carbonyl (C=O) groups is 1. The highest BCUT2D eigenvalue weighted by atomic mass is 79.9. The molecule has 0 aliphatic rings.